The van der Waals surface area contributed by atoms with Crippen molar-refractivity contribution < 1.29 is 9.47 Å². The Kier molecular flexibility index (Phi) is 2.95. The Morgan fingerprint density at radius 2 is 2.18 bits per heavy atom. The van der Waals surface area contributed by atoms with Crippen molar-refractivity contribution in [2.24, 2.45) is 0 Å². The van der Waals surface area contributed by atoms with Crippen molar-refractivity contribution in [2.75, 3.05) is 13.2 Å². The molecule has 1 saturated heterocycles. The lowest BCUT2D eigenvalue weighted by molar-refractivity contribution is -0.149. The Balaban J connectivity index is 2.30. The molecule has 0 atom stereocenters. The molecule has 17 heavy (non-hydrogen) atoms. The molecule has 0 radical (unpaired) electrons. The van der Waals surface area contributed by atoms with E-state index in [1.54, 1.807) is 0 Å². The standard InChI is InChI=1S/C15H16O2/c1-5-12-6-13(11(2)3)8-14(7-12)17-15(4)9-16-10-15/h1,6-8H,2,9-10H2,3-4H3. The highest BCUT2D eigenvalue weighted by molar-refractivity contribution is 5.65. The molecule has 2 rings (SSSR count). The van der Waals surface area contributed by atoms with Crippen LogP contribution in [0.15, 0.2) is 24.8 Å². The molecule has 0 aliphatic carbocycles. The van der Waals surface area contributed by atoms with Gasteiger partial charge in [0.2, 0.25) is 0 Å². The summed E-state index contributed by atoms with van der Waals surface area (Å²) in [4.78, 5) is 0. The van der Waals surface area contributed by atoms with E-state index < -0.39 is 0 Å². The van der Waals surface area contributed by atoms with Crippen molar-refractivity contribution in [2.45, 2.75) is 19.4 Å². The Hall–Kier alpha value is -1.72. The second-order valence-corrected chi connectivity index (χ2v) is 4.72. The van der Waals surface area contributed by atoms with Gasteiger partial charge < -0.3 is 9.47 Å². The molecule has 0 bridgehead atoms. The Labute approximate surface area is 102 Å². The van der Waals surface area contributed by atoms with Crippen LogP contribution in [0.4, 0.5) is 0 Å². The topological polar surface area (TPSA) is 18.5 Å². The molecule has 0 N–H and O–H groups in total. The maximum atomic E-state index is 5.91. The Morgan fingerprint density at radius 1 is 1.47 bits per heavy atom. The van der Waals surface area contributed by atoms with Crippen LogP contribution >= 0.6 is 0 Å². The molecular formula is C15H16O2. The van der Waals surface area contributed by atoms with Gasteiger partial charge in [-0.15, -0.1) is 6.42 Å². The van der Waals surface area contributed by atoms with Crippen molar-refractivity contribution in [1.82, 2.24) is 0 Å². The molecule has 1 aliphatic rings. The van der Waals surface area contributed by atoms with E-state index in [1.807, 2.05) is 32.0 Å². The molecule has 1 heterocycles. The van der Waals surface area contributed by atoms with Gasteiger partial charge in [0.25, 0.3) is 0 Å². The number of allylic oxidation sites excluding steroid dienone is 1. The molecule has 0 unspecified atom stereocenters. The second kappa shape index (κ2) is 4.27. The fraction of sp³-hybridized carbons (Fsp3) is 0.333. The van der Waals surface area contributed by atoms with Crippen molar-refractivity contribution in [3.8, 4) is 18.1 Å². The number of terminal acetylenes is 1. The number of rotatable bonds is 3. The maximum Gasteiger partial charge on any atom is 0.152 e. The zero-order valence-electron chi connectivity index (χ0n) is 10.2. The summed E-state index contributed by atoms with van der Waals surface area (Å²) in [6, 6.07) is 5.78. The number of ether oxygens (including phenoxy) is 2. The minimum atomic E-state index is -0.223. The van der Waals surface area contributed by atoms with Crippen LogP contribution in [0.3, 0.4) is 0 Å². The van der Waals surface area contributed by atoms with Crippen molar-refractivity contribution in [3.05, 3.63) is 35.9 Å². The lowest BCUT2D eigenvalue weighted by Crippen LogP contribution is -2.51. The summed E-state index contributed by atoms with van der Waals surface area (Å²) in [6.07, 6.45) is 5.44. The first-order chi connectivity index (χ1) is 8.02. The predicted molar refractivity (Wildman–Crippen MR) is 68.9 cm³/mol. The summed E-state index contributed by atoms with van der Waals surface area (Å²) in [6.45, 7) is 9.14. The van der Waals surface area contributed by atoms with Gasteiger partial charge in [-0.25, -0.2) is 0 Å². The lowest BCUT2D eigenvalue weighted by atomic mass is 10.0. The van der Waals surface area contributed by atoms with E-state index in [4.69, 9.17) is 15.9 Å². The average Bonchev–Trinajstić information content (AvgIpc) is 2.26. The molecular weight excluding hydrogens is 212 g/mol. The van der Waals surface area contributed by atoms with Gasteiger partial charge in [-0.1, -0.05) is 18.1 Å². The zero-order chi connectivity index (χ0) is 12.5. The van der Waals surface area contributed by atoms with Crippen LogP contribution in [-0.4, -0.2) is 18.8 Å². The van der Waals surface area contributed by atoms with Crippen LogP contribution in [0.25, 0.3) is 5.57 Å². The van der Waals surface area contributed by atoms with E-state index in [0.717, 1.165) is 22.4 Å². The van der Waals surface area contributed by atoms with E-state index in [9.17, 15) is 0 Å². The van der Waals surface area contributed by atoms with Crippen molar-refractivity contribution >= 4 is 5.57 Å². The lowest BCUT2D eigenvalue weighted by Gasteiger charge is -2.38. The summed E-state index contributed by atoms with van der Waals surface area (Å²) in [7, 11) is 0. The highest BCUT2D eigenvalue weighted by atomic mass is 16.6. The van der Waals surface area contributed by atoms with E-state index in [-0.39, 0.29) is 5.60 Å². The average molecular weight is 228 g/mol. The normalized spacial score (nSPS) is 16.8. The molecule has 0 aromatic heterocycles. The van der Waals surface area contributed by atoms with E-state index in [1.165, 1.54) is 0 Å². The fourth-order valence-electron chi connectivity index (χ4n) is 1.72. The number of hydrogen-bond donors (Lipinski definition) is 0. The smallest absolute Gasteiger partial charge is 0.152 e. The highest BCUT2D eigenvalue weighted by Gasteiger charge is 2.35. The van der Waals surface area contributed by atoms with Crippen LogP contribution < -0.4 is 4.74 Å². The molecule has 2 nitrogen and oxygen atoms in total. The molecule has 2 heteroatoms. The molecule has 1 aliphatic heterocycles. The van der Waals surface area contributed by atoms with Gasteiger partial charge in [0.05, 0.1) is 13.2 Å². The quantitative estimate of drug-likeness (QED) is 0.741. The van der Waals surface area contributed by atoms with Crippen LogP contribution in [0.5, 0.6) is 5.75 Å². The van der Waals surface area contributed by atoms with Crippen LogP contribution in [0, 0.1) is 12.3 Å². The van der Waals surface area contributed by atoms with Crippen LogP contribution in [-0.2, 0) is 4.74 Å². The third kappa shape index (κ3) is 2.51. The van der Waals surface area contributed by atoms with Crippen molar-refractivity contribution in [1.29, 1.82) is 0 Å². The summed E-state index contributed by atoms with van der Waals surface area (Å²) in [5, 5.41) is 0. The number of benzene rings is 1. The third-order valence-electron chi connectivity index (χ3n) is 2.75. The third-order valence-corrected chi connectivity index (χ3v) is 2.75. The van der Waals surface area contributed by atoms with Gasteiger partial charge in [-0.2, -0.15) is 0 Å². The Morgan fingerprint density at radius 3 is 2.65 bits per heavy atom. The van der Waals surface area contributed by atoms with Crippen molar-refractivity contribution in [3.63, 3.8) is 0 Å². The molecule has 0 saturated carbocycles. The molecule has 1 fully saturated rings. The molecule has 1 aromatic carbocycles. The van der Waals surface area contributed by atoms with Gasteiger partial charge in [0.1, 0.15) is 5.75 Å². The van der Waals surface area contributed by atoms with E-state index >= 15 is 0 Å². The first-order valence-electron chi connectivity index (χ1n) is 5.57. The van der Waals surface area contributed by atoms with E-state index in [2.05, 4.69) is 12.5 Å². The SMILES string of the molecule is C#Cc1cc(OC2(C)COC2)cc(C(=C)C)c1. The minimum Gasteiger partial charge on any atom is -0.483 e. The summed E-state index contributed by atoms with van der Waals surface area (Å²) < 4.78 is 11.1. The predicted octanol–water partition coefficient (Wildman–Crippen LogP) is 2.87. The van der Waals surface area contributed by atoms with Gasteiger partial charge >= 0.3 is 0 Å². The monoisotopic (exact) mass is 228 g/mol. The molecule has 1 aromatic rings. The van der Waals surface area contributed by atoms with E-state index in [0.29, 0.717) is 13.2 Å². The van der Waals surface area contributed by atoms with Crippen LogP contribution in [0.1, 0.15) is 25.0 Å². The fourth-order valence-corrected chi connectivity index (χ4v) is 1.72. The first-order valence-corrected chi connectivity index (χ1v) is 5.57. The van der Waals surface area contributed by atoms with Crippen LogP contribution in [0.2, 0.25) is 0 Å². The molecule has 0 amide bonds. The molecule has 0 spiro atoms. The molecule has 88 valence electrons. The van der Waals surface area contributed by atoms with Gasteiger partial charge in [-0.05, 0) is 37.6 Å². The highest BCUT2D eigenvalue weighted by Crippen LogP contribution is 2.28. The summed E-state index contributed by atoms with van der Waals surface area (Å²) in [5.74, 6) is 3.41. The zero-order valence-corrected chi connectivity index (χ0v) is 10.2. The largest absolute Gasteiger partial charge is 0.483 e. The van der Waals surface area contributed by atoms with Gasteiger partial charge in [-0.3, -0.25) is 0 Å². The number of hydrogen-bond acceptors (Lipinski definition) is 2. The summed E-state index contributed by atoms with van der Waals surface area (Å²) in [5.41, 5.74) is 2.57. The maximum absolute atomic E-state index is 5.91. The second-order valence-electron chi connectivity index (χ2n) is 4.72. The van der Waals surface area contributed by atoms with Gasteiger partial charge in [0.15, 0.2) is 5.60 Å². The minimum absolute atomic E-state index is 0.223. The Bertz CT molecular complexity index is 490. The first kappa shape index (κ1) is 11.8. The van der Waals surface area contributed by atoms with Gasteiger partial charge in [0, 0.05) is 5.56 Å². The summed E-state index contributed by atoms with van der Waals surface area (Å²) >= 11 is 0.